The molecule has 2 heterocycles. The first kappa shape index (κ1) is 15.5. The first-order valence-electron chi connectivity index (χ1n) is 7.19. The molecule has 0 spiro atoms. The van der Waals surface area contributed by atoms with Crippen LogP contribution in [-0.4, -0.2) is 22.8 Å². The van der Waals surface area contributed by atoms with E-state index in [0.717, 1.165) is 4.47 Å². The van der Waals surface area contributed by atoms with E-state index in [1.807, 2.05) is 30.3 Å². The highest BCUT2D eigenvalue weighted by Crippen LogP contribution is 2.22. The molecule has 0 aliphatic rings. The fourth-order valence-electron chi connectivity index (χ4n) is 2.45. The molecule has 4 nitrogen and oxygen atoms in total. The quantitative estimate of drug-likeness (QED) is 0.512. The van der Waals surface area contributed by atoms with Crippen LogP contribution in [0.4, 0.5) is 0 Å². The number of aromatic nitrogens is 1. The SMILES string of the molecule is CCOC(=O)c1cc(C(=O)c2ccc(Br)cc2)c2ccccn12. The predicted molar refractivity (Wildman–Crippen MR) is 90.9 cm³/mol. The Balaban J connectivity index is 2.12. The van der Waals surface area contributed by atoms with Crippen molar-refractivity contribution in [3.05, 3.63) is 76.0 Å². The fourth-order valence-corrected chi connectivity index (χ4v) is 2.72. The third-order valence-corrected chi connectivity index (χ3v) is 4.04. The maximum Gasteiger partial charge on any atom is 0.355 e. The predicted octanol–water partition coefficient (Wildman–Crippen LogP) is 4.11. The summed E-state index contributed by atoms with van der Waals surface area (Å²) in [5.74, 6) is -0.569. The summed E-state index contributed by atoms with van der Waals surface area (Å²) < 4.78 is 7.66. The van der Waals surface area contributed by atoms with Crippen molar-refractivity contribution in [1.82, 2.24) is 4.40 Å². The minimum atomic E-state index is -0.441. The van der Waals surface area contributed by atoms with Crippen LogP contribution in [0.1, 0.15) is 33.3 Å². The van der Waals surface area contributed by atoms with Gasteiger partial charge in [0.25, 0.3) is 0 Å². The normalized spacial score (nSPS) is 10.7. The van der Waals surface area contributed by atoms with Gasteiger partial charge in [0.1, 0.15) is 5.69 Å². The van der Waals surface area contributed by atoms with E-state index in [0.29, 0.717) is 22.3 Å². The van der Waals surface area contributed by atoms with Crippen LogP contribution in [0.15, 0.2) is 59.2 Å². The minimum Gasteiger partial charge on any atom is -0.461 e. The summed E-state index contributed by atoms with van der Waals surface area (Å²) in [6, 6.07) is 14.2. The third-order valence-electron chi connectivity index (χ3n) is 3.51. The first-order chi connectivity index (χ1) is 11.1. The molecule has 0 atom stereocenters. The van der Waals surface area contributed by atoms with E-state index in [1.54, 1.807) is 35.7 Å². The molecule has 0 saturated carbocycles. The highest BCUT2D eigenvalue weighted by atomic mass is 79.9. The number of esters is 1. The molecule has 23 heavy (non-hydrogen) atoms. The second-order valence-corrected chi connectivity index (χ2v) is 5.87. The Kier molecular flexibility index (Phi) is 4.30. The molecule has 1 aromatic carbocycles. The zero-order valence-electron chi connectivity index (χ0n) is 12.5. The van der Waals surface area contributed by atoms with Gasteiger partial charge < -0.3 is 9.14 Å². The van der Waals surface area contributed by atoms with E-state index in [2.05, 4.69) is 15.9 Å². The van der Waals surface area contributed by atoms with E-state index in [9.17, 15) is 9.59 Å². The van der Waals surface area contributed by atoms with Gasteiger partial charge in [-0.15, -0.1) is 0 Å². The molecule has 0 bridgehead atoms. The van der Waals surface area contributed by atoms with Gasteiger partial charge in [-0.2, -0.15) is 0 Å². The number of ether oxygens (including phenoxy) is 1. The van der Waals surface area contributed by atoms with Gasteiger partial charge in [-0.25, -0.2) is 4.79 Å². The van der Waals surface area contributed by atoms with Crippen molar-refractivity contribution in [2.75, 3.05) is 6.61 Å². The zero-order valence-corrected chi connectivity index (χ0v) is 14.0. The molecule has 0 aliphatic heterocycles. The van der Waals surface area contributed by atoms with Crippen molar-refractivity contribution in [3.8, 4) is 0 Å². The van der Waals surface area contributed by atoms with Crippen molar-refractivity contribution in [1.29, 1.82) is 0 Å². The standard InChI is InChI=1S/C18H14BrNO3/c1-2-23-18(22)16-11-14(15-5-3-4-10-20(15)16)17(21)12-6-8-13(19)9-7-12/h3-11H,2H2,1H3. The number of hydrogen-bond donors (Lipinski definition) is 0. The number of ketones is 1. The summed E-state index contributed by atoms with van der Waals surface area (Å²) in [5.41, 5.74) is 2.09. The Bertz CT molecular complexity index is 881. The van der Waals surface area contributed by atoms with Crippen LogP contribution < -0.4 is 0 Å². The van der Waals surface area contributed by atoms with Crippen LogP contribution in [0.2, 0.25) is 0 Å². The Morgan fingerprint density at radius 2 is 1.87 bits per heavy atom. The molecule has 0 N–H and O–H groups in total. The number of fused-ring (bicyclic) bond motifs is 1. The van der Waals surface area contributed by atoms with E-state index < -0.39 is 5.97 Å². The van der Waals surface area contributed by atoms with Crippen molar-refractivity contribution in [3.63, 3.8) is 0 Å². The molecule has 3 aromatic rings. The third kappa shape index (κ3) is 2.92. The average molecular weight is 372 g/mol. The molecule has 0 unspecified atom stereocenters. The summed E-state index contributed by atoms with van der Waals surface area (Å²) in [6.07, 6.45) is 1.75. The largest absolute Gasteiger partial charge is 0.461 e. The monoisotopic (exact) mass is 371 g/mol. The molecule has 2 aromatic heterocycles. The van der Waals surface area contributed by atoms with Crippen LogP contribution in [0, 0.1) is 0 Å². The van der Waals surface area contributed by atoms with E-state index in [4.69, 9.17) is 4.74 Å². The van der Waals surface area contributed by atoms with E-state index in [-0.39, 0.29) is 12.4 Å². The maximum absolute atomic E-state index is 12.8. The summed E-state index contributed by atoms with van der Waals surface area (Å²) in [5, 5.41) is 0. The number of rotatable bonds is 4. The van der Waals surface area contributed by atoms with Gasteiger partial charge in [0.2, 0.25) is 0 Å². The van der Waals surface area contributed by atoms with Crippen molar-refractivity contribution < 1.29 is 14.3 Å². The van der Waals surface area contributed by atoms with Gasteiger partial charge in [0, 0.05) is 21.8 Å². The molecule has 0 amide bonds. The number of hydrogen-bond acceptors (Lipinski definition) is 3. The molecular weight excluding hydrogens is 358 g/mol. The zero-order chi connectivity index (χ0) is 16.4. The van der Waals surface area contributed by atoms with Crippen LogP contribution in [0.3, 0.4) is 0 Å². The lowest BCUT2D eigenvalue weighted by Crippen LogP contribution is -2.07. The molecule has 0 aliphatic carbocycles. The van der Waals surface area contributed by atoms with Crippen LogP contribution in [0.5, 0.6) is 0 Å². The number of pyridine rings is 1. The summed E-state index contributed by atoms with van der Waals surface area (Å²) in [4.78, 5) is 24.9. The number of carbonyl (C=O) groups excluding carboxylic acids is 2. The van der Waals surface area contributed by atoms with Gasteiger partial charge >= 0.3 is 5.97 Å². The van der Waals surface area contributed by atoms with Gasteiger partial charge in [-0.05, 0) is 49.4 Å². The molecule has 116 valence electrons. The highest BCUT2D eigenvalue weighted by molar-refractivity contribution is 9.10. The Morgan fingerprint density at radius 1 is 1.13 bits per heavy atom. The molecule has 0 fully saturated rings. The van der Waals surface area contributed by atoms with Gasteiger partial charge in [0.05, 0.1) is 12.1 Å². The lowest BCUT2D eigenvalue weighted by Gasteiger charge is -2.02. The molecule has 0 radical (unpaired) electrons. The maximum atomic E-state index is 12.8. The Morgan fingerprint density at radius 3 is 2.57 bits per heavy atom. The van der Waals surface area contributed by atoms with Crippen molar-refractivity contribution >= 4 is 33.2 Å². The minimum absolute atomic E-state index is 0.128. The van der Waals surface area contributed by atoms with Crippen LogP contribution in [-0.2, 0) is 4.74 Å². The molecule has 5 heteroatoms. The lowest BCUT2D eigenvalue weighted by atomic mass is 10.0. The van der Waals surface area contributed by atoms with Crippen LogP contribution in [0.25, 0.3) is 5.52 Å². The number of carbonyl (C=O) groups is 2. The van der Waals surface area contributed by atoms with Crippen LogP contribution >= 0.6 is 15.9 Å². The Hall–Kier alpha value is -2.40. The summed E-state index contributed by atoms with van der Waals surface area (Å²) in [7, 11) is 0. The number of benzene rings is 1. The average Bonchev–Trinajstić information content (AvgIpc) is 2.95. The van der Waals surface area contributed by atoms with Crippen molar-refractivity contribution in [2.45, 2.75) is 6.92 Å². The summed E-state index contributed by atoms with van der Waals surface area (Å²) >= 11 is 3.35. The topological polar surface area (TPSA) is 47.8 Å². The number of halogens is 1. The lowest BCUT2D eigenvalue weighted by molar-refractivity contribution is 0.0518. The Labute approximate surface area is 141 Å². The molecule has 0 saturated heterocycles. The number of nitrogens with zero attached hydrogens (tertiary/aromatic N) is 1. The second-order valence-electron chi connectivity index (χ2n) is 4.96. The van der Waals surface area contributed by atoms with Gasteiger partial charge in [0.15, 0.2) is 5.78 Å². The van der Waals surface area contributed by atoms with E-state index >= 15 is 0 Å². The van der Waals surface area contributed by atoms with Crippen molar-refractivity contribution in [2.24, 2.45) is 0 Å². The fraction of sp³-hybridized carbons (Fsp3) is 0.111. The molecular formula is C18H14BrNO3. The second kappa shape index (κ2) is 6.38. The smallest absolute Gasteiger partial charge is 0.355 e. The van der Waals surface area contributed by atoms with Gasteiger partial charge in [-0.1, -0.05) is 22.0 Å². The van der Waals surface area contributed by atoms with Gasteiger partial charge in [-0.3, -0.25) is 4.79 Å². The molecule has 3 rings (SSSR count). The first-order valence-corrected chi connectivity index (χ1v) is 7.98. The summed E-state index contributed by atoms with van der Waals surface area (Å²) in [6.45, 7) is 2.04. The highest BCUT2D eigenvalue weighted by Gasteiger charge is 2.20. The van der Waals surface area contributed by atoms with E-state index in [1.165, 1.54) is 0 Å².